The summed E-state index contributed by atoms with van der Waals surface area (Å²) >= 11 is 0. The fourth-order valence-electron chi connectivity index (χ4n) is 6.07. The van der Waals surface area contributed by atoms with E-state index in [1.54, 1.807) is 0 Å². The SMILES string of the molecule is CC/C1=C/CCOc2cccc(P(c3ccccc3)c3ccccc3)c2-c2c(cccc2P(c2ccccc2)c2ccccc2)O1. The van der Waals surface area contributed by atoms with Gasteiger partial charge < -0.3 is 9.47 Å². The molecule has 46 heavy (non-hydrogen) atoms. The maximum absolute atomic E-state index is 6.91. The summed E-state index contributed by atoms with van der Waals surface area (Å²) in [4.78, 5) is 0. The van der Waals surface area contributed by atoms with Gasteiger partial charge in [-0.25, -0.2) is 0 Å². The number of hydrogen-bond donors (Lipinski definition) is 0. The van der Waals surface area contributed by atoms with Gasteiger partial charge in [-0.2, -0.15) is 0 Å². The molecule has 4 heteroatoms. The minimum Gasteiger partial charge on any atom is -0.493 e. The molecule has 6 aromatic rings. The molecule has 0 aliphatic carbocycles. The molecule has 0 saturated carbocycles. The molecule has 0 unspecified atom stereocenters. The van der Waals surface area contributed by atoms with Gasteiger partial charge in [0.1, 0.15) is 11.5 Å². The van der Waals surface area contributed by atoms with Crippen LogP contribution in [0.4, 0.5) is 0 Å². The molecule has 0 spiro atoms. The van der Waals surface area contributed by atoms with E-state index >= 15 is 0 Å². The van der Waals surface area contributed by atoms with Crippen LogP contribution < -0.4 is 41.3 Å². The number of hydrogen-bond acceptors (Lipinski definition) is 2. The number of allylic oxidation sites excluding steroid dienone is 1. The fraction of sp³-hybridized carbons (Fsp3) is 0.0952. The monoisotopic (exact) mass is 634 g/mol. The van der Waals surface area contributed by atoms with Crippen LogP contribution in [0.3, 0.4) is 0 Å². The maximum Gasteiger partial charge on any atom is 0.135 e. The molecule has 0 saturated heterocycles. The van der Waals surface area contributed by atoms with Crippen molar-refractivity contribution in [2.24, 2.45) is 0 Å². The van der Waals surface area contributed by atoms with Crippen molar-refractivity contribution in [2.45, 2.75) is 19.8 Å². The van der Waals surface area contributed by atoms with Crippen LogP contribution in [-0.4, -0.2) is 6.61 Å². The van der Waals surface area contributed by atoms with Gasteiger partial charge in [-0.15, -0.1) is 0 Å². The quantitative estimate of drug-likeness (QED) is 0.165. The third-order valence-electron chi connectivity index (χ3n) is 8.13. The lowest BCUT2D eigenvalue weighted by Gasteiger charge is -2.29. The van der Waals surface area contributed by atoms with Gasteiger partial charge in [0.15, 0.2) is 0 Å². The standard InChI is InChI=1S/C42H36O2P2/c1-2-32-18-17-31-43-37-27-15-29-39(45(33-19-7-3-8-20-33)34-21-9-4-10-22-34)41(37)42-38(44-32)28-16-30-40(42)46(35-23-11-5-12-24-35)36-25-13-6-14-26-36/h3-16,18-30H,2,17,31H2,1H3/b32-18-. The Morgan fingerprint density at radius 3 is 1.33 bits per heavy atom. The molecule has 1 aliphatic rings. The number of benzene rings is 6. The Bertz CT molecular complexity index is 1840. The van der Waals surface area contributed by atoms with E-state index in [0.29, 0.717) is 6.61 Å². The van der Waals surface area contributed by atoms with Crippen molar-refractivity contribution in [1.29, 1.82) is 0 Å². The highest BCUT2D eigenvalue weighted by atomic mass is 31.1. The smallest absolute Gasteiger partial charge is 0.135 e. The van der Waals surface area contributed by atoms with E-state index in [-0.39, 0.29) is 0 Å². The predicted octanol–water partition coefficient (Wildman–Crippen LogP) is 8.33. The molecule has 1 heterocycles. The molecule has 226 valence electrons. The van der Waals surface area contributed by atoms with E-state index in [4.69, 9.17) is 9.47 Å². The van der Waals surface area contributed by atoms with Crippen LogP contribution in [0.2, 0.25) is 0 Å². The second-order valence-electron chi connectivity index (χ2n) is 11.1. The Balaban J connectivity index is 1.57. The van der Waals surface area contributed by atoms with Crippen LogP contribution >= 0.6 is 15.8 Å². The van der Waals surface area contributed by atoms with Gasteiger partial charge in [-0.05, 0) is 65.9 Å². The molecule has 0 bridgehead atoms. The molecule has 0 fully saturated rings. The summed E-state index contributed by atoms with van der Waals surface area (Å²) in [6, 6.07) is 56.9. The summed E-state index contributed by atoms with van der Waals surface area (Å²) in [6.07, 6.45) is 3.78. The minimum atomic E-state index is -0.927. The summed E-state index contributed by atoms with van der Waals surface area (Å²) in [6.45, 7) is 2.74. The first kappa shape index (κ1) is 30.2. The summed E-state index contributed by atoms with van der Waals surface area (Å²) < 4.78 is 13.7. The van der Waals surface area contributed by atoms with E-state index in [9.17, 15) is 0 Å². The summed E-state index contributed by atoms with van der Waals surface area (Å²) in [5.41, 5.74) is 2.25. The van der Waals surface area contributed by atoms with Gasteiger partial charge in [-0.3, -0.25) is 0 Å². The van der Waals surface area contributed by atoms with Gasteiger partial charge in [0.05, 0.1) is 12.4 Å². The molecule has 0 radical (unpaired) electrons. The van der Waals surface area contributed by atoms with Gasteiger partial charge in [0.25, 0.3) is 0 Å². The van der Waals surface area contributed by atoms with Crippen molar-refractivity contribution < 1.29 is 9.47 Å². The lowest BCUT2D eigenvalue weighted by molar-refractivity contribution is 0.320. The van der Waals surface area contributed by atoms with Gasteiger partial charge >= 0.3 is 0 Å². The second-order valence-corrected chi connectivity index (χ2v) is 15.4. The van der Waals surface area contributed by atoms with Crippen LogP contribution in [0.15, 0.2) is 170 Å². The second kappa shape index (κ2) is 14.3. The molecule has 0 N–H and O–H groups in total. The number of ether oxygens (including phenoxy) is 2. The van der Waals surface area contributed by atoms with Gasteiger partial charge in [0.2, 0.25) is 0 Å². The largest absolute Gasteiger partial charge is 0.493 e. The van der Waals surface area contributed by atoms with Crippen molar-refractivity contribution in [3.63, 3.8) is 0 Å². The zero-order valence-corrected chi connectivity index (χ0v) is 27.7. The maximum atomic E-state index is 6.91. The van der Waals surface area contributed by atoms with Crippen molar-refractivity contribution >= 4 is 47.7 Å². The van der Waals surface area contributed by atoms with E-state index < -0.39 is 15.8 Å². The van der Waals surface area contributed by atoms with Crippen LogP contribution in [-0.2, 0) is 0 Å². The molecular formula is C42H36O2P2. The van der Waals surface area contributed by atoms with Crippen molar-refractivity contribution in [2.75, 3.05) is 6.61 Å². The van der Waals surface area contributed by atoms with Gasteiger partial charge in [0, 0.05) is 24.0 Å². The topological polar surface area (TPSA) is 18.5 Å². The predicted molar refractivity (Wildman–Crippen MR) is 198 cm³/mol. The molecule has 7 rings (SSSR count). The van der Waals surface area contributed by atoms with Crippen molar-refractivity contribution in [3.8, 4) is 22.6 Å². The Labute approximate surface area is 274 Å². The Morgan fingerprint density at radius 2 is 0.891 bits per heavy atom. The highest BCUT2D eigenvalue weighted by Crippen LogP contribution is 2.47. The van der Waals surface area contributed by atoms with Gasteiger partial charge in [-0.1, -0.05) is 153 Å². The van der Waals surface area contributed by atoms with E-state index in [0.717, 1.165) is 41.2 Å². The van der Waals surface area contributed by atoms with Crippen LogP contribution in [0, 0.1) is 0 Å². The minimum absolute atomic E-state index is 0.585. The average molecular weight is 635 g/mol. The highest BCUT2D eigenvalue weighted by Gasteiger charge is 2.30. The number of fused-ring (bicyclic) bond motifs is 3. The lowest BCUT2D eigenvalue weighted by atomic mass is 10.0. The van der Waals surface area contributed by atoms with E-state index in [2.05, 4.69) is 171 Å². The summed E-state index contributed by atoms with van der Waals surface area (Å²) in [7, 11) is -1.85. The van der Waals surface area contributed by atoms with Crippen LogP contribution in [0.25, 0.3) is 11.1 Å². The Hall–Kier alpha value is -4.48. The van der Waals surface area contributed by atoms with E-state index in [1.165, 1.54) is 31.8 Å². The molecule has 0 atom stereocenters. The van der Waals surface area contributed by atoms with Crippen molar-refractivity contribution in [1.82, 2.24) is 0 Å². The Kier molecular flexibility index (Phi) is 9.39. The third kappa shape index (κ3) is 6.29. The first-order valence-electron chi connectivity index (χ1n) is 15.9. The average Bonchev–Trinajstić information content (AvgIpc) is 3.12. The zero-order valence-electron chi connectivity index (χ0n) is 25.9. The first-order chi connectivity index (χ1) is 22.8. The van der Waals surface area contributed by atoms with E-state index in [1.807, 2.05) is 0 Å². The molecule has 0 amide bonds. The first-order valence-corrected chi connectivity index (χ1v) is 18.6. The summed E-state index contributed by atoms with van der Waals surface area (Å²) in [5.74, 6) is 2.75. The molecule has 6 aromatic carbocycles. The van der Waals surface area contributed by atoms with Crippen LogP contribution in [0.1, 0.15) is 19.8 Å². The lowest BCUT2D eigenvalue weighted by Crippen LogP contribution is -2.26. The molecular weight excluding hydrogens is 598 g/mol. The molecule has 0 aromatic heterocycles. The zero-order chi connectivity index (χ0) is 31.1. The fourth-order valence-corrected chi connectivity index (χ4v) is 11.0. The van der Waals surface area contributed by atoms with Crippen molar-refractivity contribution in [3.05, 3.63) is 170 Å². The number of rotatable bonds is 7. The molecule has 2 nitrogen and oxygen atoms in total. The normalized spacial score (nSPS) is 13.9. The highest BCUT2D eigenvalue weighted by molar-refractivity contribution is 7.80. The Morgan fingerprint density at radius 1 is 0.478 bits per heavy atom. The summed E-state index contributed by atoms with van der Waals surface area (Å²) in [5, 5.41) is 7.73. The third-order valence-corrected chi connectivity index (χ3v) is 13.1. The molecule has 1 aliphatic heterocycles. The van der Waals surface area contributed by atoms with Crippen LogP contribution in [0.5, 0.6) is 11.5 Å².